The number of nitrogens with zero attached hydrogens (tertiary/aromatic N) is 5. The van der Waals surface area contributed by atoms with Crippen LogP contribution in [0.5, 0.6) is 11.5 Å². The molecule has 0 bridgehead atoms. The second-order valence-corrected chi connectivity index (χ2v) is 19.5. The number of hydrogen-bond acceptors (Lipinski definition) is 4. The molecule has 0 spiro atoms. The quantitative estimate of drug-likeness (QED) is 0.112. The van der Waals surface area contributed by atoms with Gasteiger partial charge in [-0.25, -0.2) is 22.5 Å². The minimum absolute atomic E-state index is 0. The third kappa shape index (κ3) is 8.30. The zero-order valence-corrected chi connectivity index (χ0v) is 42.8. The maximum Gasteiger partial charge on any atom is 0.135 e. The van der Waals surface area contributed by atoms with E-state index < -0.39 is 23.3 Å². The van der Waals surface area contributed by atoms with Crippen molar-refractivity contribution in [1.82, 2.24) is 14.1 Å². The number of rotatable bonds is 8. The number of hydrogen-bond donors (Lipinski definition) is 0. The van der Waals surface area contributed by atoms with Gasteiger partial charge in [0.15, 0.2) is 0 Å². The van der Waals surface area contributed by atoms with Crippen molar-refractivity contribution in [3.8, 4) is 45.3 Å². The van der Waals surface area contributed by atoms with Crippen LogP contribution >= 0.6 is 0 Å². The molecule has 0 saturated heterocycles. The summed E-state index contributed by atoms with van der Waals surface area (Å²) in [6.45, 7) is 8.42. The molecule has 12 aromatic rings. The first-order valence-electron chi connectivity index (χ1n) is 24.2. The Morgan fingerprint density at radius 3 is 1.61 bits per heavy atom. The minimum atomic E-state index is -0.770. The molecule has 1 aliphatic heterocycles. The Hall–Kier alpha value is -8.46. The molecule has 1 aliphatic rings. The van der Waals surface area contributed by atoms with Crippen LogP contribution in [0.25, 0.3) is 77.4 Å². The Kier molecular flexibility index (Phi) is 11.7. The topological polar surface area (TPSA) is 38.5 Å². The zero-order chi connectivity index (χ0) is 50.4. The molecule has 3 aromatic heterocycles. The second kappa shape index (κ2) is 18.5. The Labute approximate surface area is 444 Å². The van der Waals surface area contributed by atoms with Crippen molar-refractivity contribution >= 4 is 66.4 Å². The molecule has 6 nitrogen and oxygen atoms in total. The summed E-state index contributed by atoms with van der Waals surface area (Å²) in [5.74, 6) is -1.47. The van der Waals surface area contributed by atoms with Crippen molar-refractivity contribution in [3.63, 3.8) is 0 Å². The summed E-state index contributed by atoms with van der Waals surface area (Å²) >= 11 is 0. The second-order valence-electron chi connectivity index (χ2n) is 19.5. The van der Waals surface area contributed by atoms with Gasteiger partial charge in [-0.3, -0.25) is 0 Å². The molecule has 370 valence electrons. The van der Waals surface area contributed by atoms with Crippen molar-refractivity contribution < 1.29 is 43.4 Å². The molecule has 0 saturated carbocycles. The molecule has 0 amide bonds. The van der Waals surface area contributed by atoms with Crippen LogP contribution in [0.3, 0.4) is 0 Å². The average Bonchev–Trinajstić information content (AvgIpc) is 4.07. The number of pyridine rings is 1. The molecule has 11 heteroatoms. The summed E-state index contributed by atoms with van der Waals surface area (Å²) in [5, 5.41) is 4.20. The number of fused-ring (bicyclic) bond motifs is 7. The van der Waals surface area contributed by atoms with Gasteiger partial charge in [-0.2, -0.15) is 6.07 Å². The largest absolute Gasteiger partial charge is 0.509 e. The number of para-hydroxylation sites is 6. The van der Waals surface area contributed by atoms with Gasteiger partial charge in [0.25, 0.3) is 0 Å². The van der Waals surface area contributed by atoms with E-state index in [-0.39, 0.29) is 37.6 Å². The van der Waals surface area contributed by atoms with Crippen molar-refractivity contribution in [3.05, 3.63) is 242 Å². The predicted molar refractivity (Wildman–Crippen MR) is 288 cm³/mol. The van der Waals surface area contributed by atoms with Gasteiger partial charge in [0.05, 0.1) is 11.0 Å². The van der Waals surface area contributed by atoms with Gasteiger partial charge in [-0.1, -0.05) is 123 Å². The molecule has 0 fully saturated rings. The maximum absolute atomic E-state index is 15.1. The van der Waals surface area contributed by atoms with Crippen LogP contribution in [0.2, 0.25) is 0 Å². The summed E-state index contributed by atoms with van der Waals surface area (Å²) in [5.41, 5.74) is 9.32. The van der Waals surface area contributed by atoms with Crippen molar-refractivity contribution in [2.45, 2.75) is 26.2 Å². The summed E-state index contributed by atoms with van der Waals surface area (Å²) in [7, 11) is 0. The third-order valence-electron chi connectivity index (χ3n) is 13.8. The molecule has 0 atom stereocenters. The molecule has 9 aromatic carbocycles. The molecule has 4 heterocycles. The Balaban J connectivity index is 0.00000569. The Bertz CT molecular complexity index is 4070. The van der Waals surface area contributed by atoms with E-state index in [4.69, 9.17) is 9.72 Å². The zero-order valence-electron chi connectivity index (χ0n) is 40.5. The van der Waals surface area contributed by atoms with Gasteiger partial charge in [0.2, 0.25) is 0 Å². The van der Waals surface area contributed by atoms with Gasteiger partial charge in [-0.15, -0.1) is 42.4 Å². The van der Waals surface area contributed by atoms with Crippen LogP contribution in [0.1, 0.15) is 26.3 Å². The van der Waals surface area contributed by atoms with E-state index in [9.17, 15) is 0 Å². The fourth-order valence-electron chi connectivity index (χ4n) is 10.5. The van der Waals surface area contributed by atoms with Crippen LogP contribution < -0.4 is 14.5 Å². The van der Waals surface area contributed by atoms with Crippen molar-refractivity contribution in [1.29, 1.82) is 0 Å². The number of anilines is 4. The van der Waals surface area contributed by atoms with Gasteiger partial charge >= 0.3 is 0 Å². The molecule has 0 aliphatic carbocycles. The van der Waals surface area contributed by atoms with Crippen molar-refractivity contribution in [2.75, 3.05) is 9.80 Å². The van der Waals surface area contributed by atoms with Crippen LogP contribution in [-0.4, -0.2) is 14.1 Å². The van der Waals surface area contributed by atoms with E-state index in [2.05, 4.69) is 96.6 Å². The first-order valence-corrected chi connectivity index (χ1v) is 24.2. The van der Waals surface area contributed by atoms with Crippen LogP contribution in [0, 0.1) is 42.1 Å². The van der Waals surface area contributed by atoms with Crippen molar-refractivity contribution in [2.24, 2.45) is 0 Å². The summed E-state index contributed by atoms with van der Waals surface area (Å²) in [4.78, 5) is 8.73. The van der Waals surface area contributed by atoms with E-state index in [0.717, 1.165) is 78.5 Å². The van der Waals surface area contributed by atoms with E-state index in [1.54, 1.807) is 18.2 Å². The van der Waals surface area contributed by atoms with E-state index >= 15 is 17.6 Å². The van der Waals surface area contributed by atoms with E-state index in [0.29, 0.717) is 39.7 Å². The average molecular weight is 1170 g/mol. The predicted octanol–water partition coefficient (Wildman–Crippen LogP) is 17.3. The number of aromatic nitrogens is 3. The number of halogens is 4. The van der Waals surface area contributed by atoms with Crippen LogP contribution in [0.15, 0.2) is 194 Å². The molecular weight excluding hydrogens is 1130 g/mol. The normalized spacial score (nSPS) is 12.5. The number of ether oxygens (including phenoxy) is 1. The van der Waals surface area contributed by atoms with Gasteiger partial charge in [-0.05, 0) is 94.2 Å². The SMILES string of the molecule is CC(C)(C)c1ccnc(-n2c3[c-]c(Oc4[c-]c(N5[CH-]N(c6c(-c7cc(F)cc(F)c7)cccc6-c6cc(F)cc(F)c6)c6ccccc65)cc(-n5c6ccccc6c6ccccc65)c4)ccc3c3ccccc32)c1.[Pt]. The van der Waals surface area contributed by atoms with Crippen LogP contribution in [-0.2, 0) is 26.5 Å². The van der Waals surface area contributed by atoms with E-state index in [1.807, 2.05) is 102 Å². The molecule has 0 unspecified atom stereocenters. The molecule has 0 N–H and O–H groups in total. The monoisotopic (exact) mass is 1170 g/mol. The summed E-state index contributed by atoms with van der Waals surface area (Å²) < 4.78 is 71.7. The summed E-state index contributed by atoms with van der Waals surface area (Å²) in [6.07, 6.45) is 1.85. The fraction of sp³-hybridized carbons (Fsp3) is 0.0625. The van der Waals surface area contributed by atoms with Gasteiger partial charge in [0, 0.05) is 95.4 Å². The first kappa shape index (κ1) is 47.5. The van der Waals surface area contributed by atoms with E-state index in [1.165, 1.54) is 24.3 Å². The molecule has 75 heavy (non-hydrogen) atoms. The van der Waals surface area contributed by atoms with Gasteiger partial charge < -0.3 is 23.7 Å². The molecular formula is C64H42F4N5OPt-3. The van der Waals surface area contributed by atoms with Crippen LogP contribution in [0.4, 0.5) is 40.3 Å². The fourth-order valence-corrected chi connectivity index (χ4v) is 10.5. The maximum atomic E-state index is 15.1. The standard InChI is InChI=1S/C64H42F4N5O.Pt/c1-64(2,3)41-25-26-69-62(31-41)73-58-20-9-6-15-54(58)55-24-23-48(37-61(55)73)74-49-35-46(34-47(36-49)72-56-18-7-4-13-52(56)53-14-5-8-19-57(53)72)70-38-71(60-22-11-10-21-59(60)70)63-50(39-27-42(65)32-43(66)28-39)16-12-17-51(63)40-29-44(67)33-45(68)30-40;/h4-34,36,38H,1-3H3;/q-3;. The molecule has 0 radical (unpaired) electrons. The smallest absolute Gasteiger partial charge is 0.135 e. The molecule has 13 rings (SSSR count). The Morgan fingerprint density at radius 1 is 0.493 bits per heavy atom. The summed E-state index contributed by atoms with van der Waals surface area (Å²) in [6, 6.07) is 63.7. The van der Waals surface area contributed by atoms with Gasteiger partial charge in [0.1, 0.15) is 29.1 Å². The third-order valence-corrected chi connectivity index (χ3v) is 13.8. The minimum Gasteiger partial charge on any atom is -0.509 e. The number of benzene rings is 9. The first-order chi connectivity index (χ1) is 35.9. The Morgan fingerprint density at radius 2 is 1.03 bits per heavy atom.